The lowest BCUT2D eigenvalue weighted by Gasteiger charge is -2.37. The lowest BCUT2D eigenvalue weighted by atomic mass is 9.91. The Kier molecular flexibility index (Phi) is 3.46. The minimum Gasteiger partial charge on any atom is -0.334 e. The molecule has 2 aliphatic heterocycles. The zero-order valence-corrected chi connectivity index (χ0v) is 11.3. The van der Waals surface area contributed by atoms with Gasteiger partial charge in [-0.3, -0.25) is 4.79 Å². The smallest absolute Gasteiger partial charge is 0.257 e. The van der Waals surface area contributed by atoms with E-state index in [0.717, 1.165) is 25.9 Å². The summed E-state index contributed by atoms with van der Waals surface area (Å²) in [4.78, 5) is 14.3. The molecule has 1 aromatic carbocycles. The Balaban J connectivity index is 1.86. The number of nitrogens with one attached hydrogen (secondary N) is 1. The second-order valence-corrected chi connectivity index (χ2v) is 5.69. The summed E-state index contributed by atoms with van der Waals surface area (Å²) in [7, 11) is 0. The van der Waals surface area contributed by atoms with Gasteiger partial charge in [-0.15, -0.1) is 0 Å². The average molecular weight is 283 g/mol. The number of carbonyl (C=O) groups is 1. The van der Waals surface area contributed by atoms with Crippen LogP contribution in [0.15, 0.2) is 18.2 Å². The maximum absolute atomic E-state index is 13.9. The van der Waals surface area contributed by atoms with Crippen molar-refractivity contribution in [3.63, 3.8) is 0 Å². The summed E-state index contributed by atoms with van der Waals surface area (Å²) in [6.07, 6.45) is 2.13. The van der Waals surface area contributed by atoms with Crippen LogP contribution in [0, 0.1) is 11.7 Å². The fraction of sp³-hybridized carbons (Fsp3) is 0.500. The van der Waals surface area contributed by atoms with Crippen molar-refractivity contribution >= 4 is 17.5 Å². The van der Waals surface area contributed by atoms with E-state index in [0.29, 0.717) is 17.5 Å². The van der Waals surface area contributed by atoms with Crippen molar-refractivity contribution in [3.8, 4) is 0 Å². The number of likely N-dealkylation sites (tertiary alicyclic amines) is 1. The van der Waals surface area contributed by atoms with Crippen LogP contribution >= 0.6 is 11.6 Å². The van der Waals surface area contributed by atoms with E-state index in [4.69, 9.17) is 11.6 Å². The van der Waals surface area contributed by atoms with Gasteiger partial charge >= 0.3 is 0 Å². The van der Waals surface area contributed by atoms with E-state index >= 15 is 0 Å². The van der Waals surface area contributed by atoms with Crippen molar-refractivity contribution in [1.82, 2.24) is 10.2 Å². The van der Waals surface area contributed by atoms with Crippen LogP contribution in [0.25, 0.3) is 0 Å². The van der Waals surface area contributed by atoms with Gasteiger partial charge in [-0.1, -0.05) is 11.6 Å². The molecule has 2 aliphatic rings. The molecule has 0 saturated carbocycles. The summed E-state index contributed by atoms with van der Waals surface area (Å²) in [6, 6.07) is 4.44. The Morgan fingerprint density at radius 3 is 3.05 bits per heavy atom. The van der Waals surface area contributed by atoms with Gasteiger partial charge in [0.2, 0.25) is 0 Å². The van der Waals surface area contributed by atoms with Crippen LogP contribution in [0.3, 0.4) is 0 Å². The monoisotopic (exact) mass is 282 g/mol. The van der Waals surface area contributed by atoms with Gasteiger partial charge in [-0.2, -0.15) is 0 Å². The summed E-state index contributed by atoms with van der Waals surface area (Å²) in [5.41, 5.74) is 0.122. The van der Waals surface area contributed by atoms with Crippen LogP contribution in [-0.2, 0) is 0 Å². The van der Waals surface area contributed by atoms with E-state index in [2.05, 4.69) is 5.32 Å². The van der Waals surface area contributed by atoms with Crippen molar-refractivity contribution in [2.45, 2.75) is 18.9 Å². The number of benzene rings is 1. The summed E-state index contributed by atoms with van der Waals surface area (Å²) in [5.74, 6) is -0.244. The molecule has 0 spiro atoms. The Hall–Kier alpha value is -1.13. The van der Waals surface area contributed by atoms with Crippen LogP contribution in [0.1, 0.15) is 23.2 Å². The molecule has 1 N–H and O–H groups in total. The molecular weight excluding hydrogens is 267 g/mol. The number of halogens is 2. The topological polar surface area (TPSA) is 32.3 Å². The third-order valence-corrected chi connectivity index (χ3v) is 4.34. The predicted molar refractivity (Wildman–Crippen MR) is 71.8 cm³/mol. The van der Waals surface area contributed by atoms with Crippen LogP contribution in [-0.4, -0.2) is 36.5 Å². The fourth-order valence-corrected chi connectivity index (χ4v) is 3.30. The van der Waals surface area contributed by atoms with Gasteiger partial charge in [0.25, 0.3) is 5.91 Å². The highest BCUT2D eigenvalue weighted by Crippen LogP contribution is 2.28. The number of amides is 1. The van der Waals surface area contributed by atoms with Gasteiger partial charge in [-0.05, 0) is 37.0 Å². The molecule has 2 unspecified atom stereocenters. The quantitative estimate of drug-likeness (QED) is 0.857. The molecule has 2 heterocycles. The first-order valence-corrected chi connectivity index (χ1v) is 7.01. The normalized spacial score (nSPS) is 26.3. The molecule has 0 radical (unpaired) electrons. The molecule has 2 saturated heterocycles. The molecule has 0 bridgehead atoms. The zero-order valence-electron chi connectivity index (χ0n) is 10.5. The molecular formula is C14H16ClFN2O. The predicted octanol–water partition coefficient (Wildman–Crippen LogP) is 2.30. The Labute approximate surface area is 116 Å². The van der Waals surface area contributed by atoms with Crippen LogP contribution in [0.4, 0.5) is 4.39 Å². The van der Waals surface area contributed by atoms with E-state index in [1.165, 1.54) is 12.1 Å². The molecule has 2 fully saturated rings. The molecule has 102 valence electrons. The van der Waals surface area contributed by atoms with Crippen LogP contribution in [0.5, 0.6) is 0 Å². The van der Waals surface area contributed by atoms with E-state index in [1.54, 1.807) is 6.07 Å². The largest absolute Gasteiger partial charge is 0.334 e. The zero-order chi connectivity index (χ0) is 13.4. The Morgan fingerprint density at radius 1 is 1.42 bits per heavy atom. The summed E-state index contributed by atoms with van der Waals surface area (Å²) in [6.45, 7) is 2.48. The van der Waals surface area contributed by atoms with Crippen molar-refractivity contribution in [2.75, 3.05) is 19.6 Å². The van der Waals surface area contributed by atoms with E-state index in [9.17, 15) is 9.18 Å². The summed E-state index contributed by atoms with van der Waals surface area (Å²) < 4.78 is 13.9. The van der Waals surface area contributed by atoms with E-state index < -0.39 is 5.82 Å². The van der Waals surface area contributed by atoms with Gasteiger partial charge in [0.05, 0.1) is 5.56 Å². The third kappa shape index (κ3) is 2.35. The van der Waals surface area contributed by atoms with Gasteiger partial charge < -0.3 is 10.2 Å². The Morgan fingerprint density at radius 2 is 2.26 bits per heavy atom. The standard InChI is InChI=1S/C14H16ClFN2O/c15-10-3-4-11(12(16)6-10)14(19)18-5-1-2-9-7-17-8-13(9)18/h3-4,6,9,13,17H,1-2,5,7-8H2. The molecule has 3 nitrogen and oxygen atoms in total. The third-order valence-electron chi connectivity index (χ3n) is 4.10. The number of fused-ring (bicyclic) bond motifs is 1. The van der Waals surface area contributed by atoms with Gasteiger partial charge in [0.1, 0.15) is 5.82 Å². The highest BCUT2D eigenvalue weighted by Gasteiger charge is 2.38. The molecule has 3 rings (SSSR count). The van der Waals surface area contributed by atoms with Crippen LogP contribution < -0.4 is 5.32 Å². The van der Waals surface area contributed by atoms with Crippen molar-refractivity contribution in [1.29, 1.82) is 0 Å². The van der Waals surface area contributed by atoms with Gasteiger partial charge in [0, 0.05) is 30.7 Å². The Bertz CT molecular complexity index is 508. The first-order chi connectivity index (χ1) is 9.16. The SMILES string of the molecule is O=C(c1ccc(Cl)cc1F)N1CCCC2CNCC21. The number of rotatable bonds is 1. The highest BCUT2D eigenvalue weighted by molar-refractivity contribution is 6.30. The number of nitrogens with zero attached hydrogens (tertiary/aromatic N) is 1. The number of hydrogen-bond donors (Lipinski definition) is 1. The molecule has 1 aromatic rings. The van der Waals surface area contributed by atoms with Crippen molar-refractivity contribution < 1.29 is 9.18 Å². The first-order valence-electron chi connectivity index (χ1n) is 6.63. The summed E-state index contributed by atoms with van der Waals surface area (Å²) in [5, 5.41) is 3.63. The number of carbonyl (C=O) groups excluding carboxylic acids is 1. The van der Waals surface area contributed by atoms with Crippen molar-refractivity contribution in [2.24, 2.45) is 5.92 Å². The first kappa shape index (κ1) is 12.9. The fourth-order valence-electron chi connectivity index (χ4n) is 3.14. The molecule has 2 atom stereocenters. The highest BCUT2D eigenvalue weighted by atomic mass is 35.5. The van der Waals surface area contributed by atoms with Gasteiger partial charge in [0.15, 0.2) is 0 Å². The van der Waals surface area contributed by atoms with Crippen LogP contribution in [0.2, 0.25) is 5.02 Å². The molecule has 5 heteroatoms. The van der Waals surface area contributed by atoms with Gasteiger partial charge in [-0.25, -0.2) is 4.39 Å². The number of hydrogen-bond acceptors (Lipinski definition) is 2. The average Bonchev–Trinajstić information content (AvgIpc) is 2.86. The van der Waals surface area contributed by atoms with E-state index in [-0.39, 0.29) is 17.5 Å². The second-order valence-electron chi connectivity index (χ2n) is 5.25. The minimum atomic E-state index is -0.537. The lowest BCUT2D eigenvalue weighted by Crippen LogP contribution is -2.48. The minimum absolute atomic E-state index is 0.122. The molecule has 19 heavy (non-hydrogen) atoms. The molecule has 0 aliphatic carbocycles. The number of piperidine rings is 1. The molecule has 1 amide bonds. The lowest BCUT2D eigenvalue weighted by molar-refractivity contribution is 0.0570. The molecule has 0 aromatic heterocycles. The van der Waals surface area contributed by atoms with E-state index in [1.807, 2.05) is 4.90 Å². The summed E-state index contributed by atoms with van der Waals surface area (Å²) >= 11 is 5.72. The maximum atomic E-state index is 13.9. The van der Waals surface area contributed by atoms with Crippen molar-refractivity contribution in [3.05, 3.63) is 34.6 Å². The second kappa shape index (κ2) is 5.10. The maximum Gasteiger partial charge on any atom is 0.257 e.